The number of fused-ring (bicyclic) bond motifs is 1. The van der Waals surface area contributed by atoms with E-state index in [1.165, 1.54) is 5.56 Å². The lowest BCUT2D eigenvalue weighted by Gasteiger charge is -2.16. The number of rotatable bonds is 6. The van der Waals surface area contributed by atoms with Gasteiger partial charge in [0.25, 0.3) is 0 Å². The zero-order valence-corrected chi connectivity index (χ0v) is 13.9. The quantitative estimate of drug-likeness (QED) is 0.744. The topological polar surface area (TPSA) is 42.0 Å². The Kier molecular flexibility index (Phi) is 5.22. The van der Waals surface area contributed by atoms with Crippen LogP contribution in [-0.4, -0.2) is 17.4 Å². The summed E-state index contributed by atoms with van der Waals surface area (Å²) in [5.74, 6) is 0.392. The van der Waals surface area contributed by atoms with Crippen LogP contribution in [0, 0.1) is 0 Å². The van der Waals surface area contributed by atoms with Crippen LogP contribution in [0.1, 0.15) is 30.4 Å². The molecule has 0 fully saturated rings. The van der Waals surface area contributed by atoms with Crippen molar-refractivity contribution in [3.8, 4) is 0 Å². The fraction of sp³-hybridized carbons (Fsp3) is 0.238. The molecule has 0 aliphatic rings. The van der Waals surface area contributed by atoms with Crippen molar-refractivity contribution in [2.24, 2.45) is 0 Å². The molecule has 1 heterocycles. The minimum Gasteiger partial charge on any atom is -0.355 e. The van der Waals surface area contributed by atoms with E-state index in [-0.39, 0.29) is 5.91 Å². The smallest absolute Gasteiger partial charge is 0.224 e. The van der Waals surface area contributed by atoms with Gasteiger partial charge in [-0.15, -0.1) is 0 Å². The average molecular weight is 318 g/mol. The first-order valence-corrected chi connectivity index (χ1v) is 8.42. The Labute approximate surface area is 142 Å². The average Bonchev–Trinajstić information content (AvgIpc) is 2.63. The summed E-state index contributed by atoms with van der Waals surface area (Å²) in [6.07, 6.45) is 3.13. The van der Waals surface area contributed by atoms with Gasteiger partial charge in [0.1, 0.15) is 0 Å². The zero-order valence-electron chi connectivity index (χ0n) is 13.9. The van der Waals surface area contributed by atoms with Crippen LogP contribution in [0.25, 0.3) is 10.9 Å². The Morgan fingerprint density at radius 1 is 1.04 bits per heavy atom. The highest BCUT2D eigenvalue weighted by molar-refractivity contribution is 5.87. The van der Waals surface area contributed by atoms with E-state index in [2.05, 4.69) is 29.4 Å². The van der Waals surface area contributed by atoms with Gasteiger partial charge in [0.05, 0.1) is 11.9 Å². The first-order valence-electron chi connectivity index (χ1n) is 8.42. The van der Waals surface area contributed by atoms with Crippen molar-refractivity contribution in [2.75, 3.05) is 6.54 Å². The summed E-state index contributed by atoms with van der Waals surface area (Å²) < 4.78 is 0. The van der Waals surface area contributed by atoms with E-state index in [9.17, 15) is 4.79 Å². The molecule has 3 rings (SSSR count). The van der Waals surface area contributed by atoms with Gasteiger partial charge in [0, 0.05) is 24.0 Å². The van der Waals surface area contributed by atoms with Crippen molar-refractivity contribution >= 4 is 16.8 Å². The van der Waals surface area contributed by atoms with Crippen molar-refractivity contribution < 1.29 is 4.79 Å². The lowest BCUT2D eigenvalue weighted by molar-refractivity contribution is -0.120. The molecule has 0 saturated heterocycles. The summed E-state index contributed by atoms with van der Waals surface area (Å²) in [6.45, 7) is 2.82. The van der Waals surface area contributed by atoms with Gasteiger partial charge in [0.2, 0.25) is 5.91 Å². The van der Waals surface area contributed by atoms with Crippen molar-refractivity contribution in [3.05, 3.63) is 78.0 Å². The molecule has 1 N–H and O–H groups in total. The van der Waals surface area contributed by atoms with E-state index in [1.54, 1.807) is 6.20 Å². The molecule has 0 radical (unpaired) electrons. The molecule has 122 valence electrons. The Morgan fingerprint density at radius 2 is 1.83 bits per heavy atom. The highest BCUT2D eigenvalue weighted by Gasteiger charge is 2.12. The second-order valence-corrected chi connectivity index (χ2v) is 5.99. The van der Waals surface area contributed by atoms with Crippen LogP contribution in [0.5, 0.6) is 0 Å². The molecule has 1 amide bonds. The third kappa shape index (κ3) is 3.80. The third-order valence-electron chi connectivity index (χ3n) is 4.38. The Morgan fingerprint density at radius 3 is 2.62 bits per heavy atom. The molecule has 1 atom stereocenters. The van der Waals surface area contributed by atoms with Gasteiger partial charge in [-0.25, -0.2) is 0 Å². The molecule has 0 spiro atoms. The second-order valence-electron chi connectivity index (χ2n) is 5.99. The van der Waals surface area contributed by atoms with Gasteiger partial charge in [-0.1, -0.05) is 61.5 Å². The van der Waals surface area contributed by atoms with E-state index in [0.29, 0.717) is 18.9 Å². The number of pyridine rings is 1. The normalized spacial score (nSPS) is 12.0. The van der Waals surface area contributed by atoms with E-state index >= 15 is 0 Å². The molecule has 3 heteroatoms. The van der Waals surface area contributed by atoms with Crippen LogP contribution in [0.15, 0.2) is 66.9 Å². The number of hydrogen-bond acceptors (Lipinski definition) is 2. The van der Waals surface area contributed by atoms with E-state index in [0.717, 1.165) is 22.9 Å². The lowest BCUT2D eigenvalue weighted by Crippen LogP contribution is -2.29. The maximum absolute atomic E-state index is 12.4. The Hall–Kier alpha value is -2.68. The number of benzene rings is 2. The number of carbonyl (C=O) groups is 1. The van der Waals surface area contributed by atoms with Gasteiger partial charge in [0.15, 0.2) is 0 Å². The molecule has 0 aliphatic heterocycles. The predicted molar refractivity (Wildman–Crippen MR) is 97.9 cm³/mol. The predicted octanol–water partition coefficient (Wildman–Crippen LogP) is 4.09. The standard InChI is InChI=1S/C21H22N2O/c1-2-16(17-8-4-3-5-9-17)15-23-20(24)14-19-11-6-10-18-12-7-13-22-21(18)19/h3-13,16H,2,14-15H2,1H3,(H,23,24)/t16-/m1/s1. The number of para-hydroxylation sites is 1. The summed E-state index contributed by atoms with van der Waals surface area (Å²) in [5.41, 5.74) is 3.15. The third-order valence-corrected chi connectivity index (χ3v) is 4.38. The summed E-state index contributed by atoms with van der Waals surface area (Å²) in [5, 5.41) is 4.15. The summed E-state index contributed by atoms with van der Waals surface area (Å²) in [7, 11) is 0. The van der Waals surface area contributed by atoms with E-state index in [4.69, 9.17) is 0 Å². The molecule has 0 bridgehead atoms. The number of hydrogen-bond donors (Lipinski definition) is 1. The van der Waals surface area contributed by atoms with E-state index in [1.807, 2.05) is 48.5 Å². The fourth-order valence-electron chi connectivity index (χ4n) is 3.01. The maximum Gasteiger partial charge on any atom is 0.224 e. The molecular formula is C21H22N2O. The zero-order chi connectivity index (χ0) is 16.8. The van der Waals surface area contributed by atoms with Gasteiger partial charge < -0.3 is 5.32 Å². The maximum atomic E-state index is 12.4. The summed E-state index contributed by atoms with van der Waals surface area (Å²) in [4.78, 5) is 16.8. The minimum atomic E-state index is 0.0440. The van der Waals surface area contributed by atoms with Gasteiger partial charge >= 0.3 is 0 Å². The number of nitrogens with one attached hydrogen (secondary N) is 1. The van der Waals surface area contributed by atoms with Crippen molar-refractivity contribution in [1.82, 2.24) is 10.3 Å². The monoisotopic (exact) mass is 318 g/mol. The van der Waals surface area contributed by atoms with Gasteiger partial charge in [-0.05, 0) is 23.6 Å². The molecule has 3 nitrogen and oxygen atoms in total. The van der Waals surface area contributed by atoms with E-state index < -0.39 is 0 Å². The van der Waals surface area contributed by atoms with Crippen LogP contribution in [-0.2, 0) is 11.2 Å². The highest BCUT2D eigenvalue weighted by Crippen LogP contribution is 2.19. The Balaban J connectivity index is 1.65. The summed E-state index contributed by atoms with van der Waals surface area (Å²) in [6, 6.07) is 20.3. The lowest BCUT2D eigenvalue weighted by atomic mass is 9.96. The number of amides is 1. The molecule has 0 unspecified atom stereocenters. The second kappa shape index (κ2) is 7.73. The fourth-order valence-corrected chi connectivity index (χ4v) is 3.01. The molecule has 3 aromatic rings. The molecule has 1 aromatic heterocycles. The summed E-state index contributed by atoms with van der Waals surface area (Å²) >= 11 is 0. The van der Waals surface area contributed by atoms with Crippen LogP contribution >= 0.6 is 0 Å². The number of aromatic nitrogens is 1. The molecule has 24 heavy (non-hydrogen) atoms. The van der Waals surface area contributed by atoms with Crippen LogP contribution < -0.4 is 5.32 Å². The molecule has 0 aliphatic carbocycles. The Bertz CT molecular complexity index is 809. The minimum absolute atomic E-state index is 0.0440. The van der Waals surface area contributed by atoms with Gasteiger partial charge in [-0.3, -0.25) is 9.78 Å². The van der Waals surface area contributed by atoms with Crippen molar-refractivity contribution in [3.63, 3.8) is 0 Å². The molecule has 0 saturated carbocycles. The number of nitrogens with zero attached hydrogens (tertiary/aromatic N) is 1. The van der Waals surface area contributed by atoms with Gasteiger partial charge in [-0.2, -0.15) is 0 Å². The van der Waals surface area contributed by atoms with Crippen LogP contribution in [0.4, 0.5) is 0 Å². The molecule has 2 aromatic carbocycles. The van der Waals surface area contributed by atoms with Crippen molar-refractivity contribution in [2.45, 2.75) is 25.7 Å². The highest BCUT2D eigenvalue weighted by atomic mass is 16.1. The molecular weight excluding hydrogens is 296 g/mol. The number of carbonyl (C=O) groups excluding carboxylic acids is 1. The largest absolute Gasteiger partial charge is 0.355 e. The first-order chi connectivity index (χ1) is 11.8. The van der Waals surface area contributed by atoms with Crippen LogP contribution in [0.2, 0.25) is 0 Å². The van der Waals surface area contributed by atoms with Crippen molar-refractivity contribution in [1.29, 1.82) is 0 Å². The SMILES string of the molecule is CC[C@H](CNC(=O)Cc1cccc2cccnc12)c1ccccc1. The van der Waals surface area contributed by atoms with Crippen LogP contribution in [0.3, 0.4) is 0 Å². The first kappa shape index (κ1) is 16.2.